The van der Waals surface area contributed by atoms with Gasteiger partial charge in [0.2, 0.25) is 5.76 Å². The molecule has 0 radical (unpaired) electrons. The second-order valence-corrected chi connectivity index (χ2v) is 3.09. The molecule has 1 aromatic rings. The van der Waals surface area contributed by atoms with Gasteiger partial charge in [0.05, 0.1) is 5.69 Å². The third kappa shape index (κ3) is 1.09. The molecule has 1 fully saturated rings. The molecule has 0 unspecified atom stereocenters. The van der Waals surface area contributed by atoms with Crippen LogP contribution in [0, 0.1) is 6.92 Å². The van der Waals surface area contributed by atoms with Crippen molar-refractivity contribution in [1.82, 2.24) is 4.98 Å². The number of hydrogen-bond acceptors (Lipinski definition) is 3. The minimum Gasteiger partial charge on any atom is -0.436 e. The summed E-state index contributed by atoms with van der Waals surface area (Å²) in [6, 6.07) is 0. The minimum atomic E-state index is -0.516. The van der Waals surface area contributed by atoms with Crippen molar-refractivity contribution in [1.29, 1.82) is 0 Å². The van der Waals surface area contributed by atoms with Crippen LogP contribution < -0.4 is 5.73 Å². The average molecular weight is 166 g/mol. The van der Waals surface area contributed by atoms with E-state index in [0.29, 0.717) is 11.8 Å². The summed E-state index contributed by atoms with van der Waals surface area (Å²) < 4.78 is 5.09. The van der Waals surface area contributed by atoms with Crippen molar-refractivity contribution in [2.24, 2.45) is 5.73 Å². The molecule has 0 saturated heterocycles. The molecule has 2 N–H and O–H groups in total. The number of nitrogens with two attached hydrogens (primary N) is 1. The summed E-state index contributed by atoms with van der Waals surface area (Å²) in [6.07, 6.45) is 2.18. The van der Waals surface area contributed by atoms with Crippen LogP contribution in [-0.4, -0.2) is 10.9 Å². The molecule has 1 aromatic heterocycles. The second kappa shape index (κ2) is 2.33. The van der Waals surface area contributed by atoms with E-state index in [4.69, 9.17) is 10.2 Å². The zero-order valence-corrected chi connectivity index (χ0v) is 6.83. The molecule has 1 amide bonds. The summed E-state index contributed by atoms with van der Waals surface area (Å²) >= 11 is 0. The molecule has 4 heteroatoms. The maximum Gasteiger partial charge on any atom is 0.286 e. The highest BCUT2D eigenvalue weighted by Crippen LogP contribution is 2.41. The molecule has 4 nitrogen and oxygen atoms in total. The number of aryl methyl sites for hydroxylation is 1. The third-order valence-corrected chi connectivity index (χ3v) is 1.95. The van der Waals surface area contributed by atoms with Crippen molar-refractivity contribution < 1.29 is 9.21 Å². The Labute approximate surface area is 69.8 Å². The van der Waals surface area contributed by atoms with Crippen LogP contribution in [0.5, 0.6) is 0 Å². The Hall–Kier alpha value is -1.32. The minimum absolute atomic E-state index is 0.245. The summed E-state index contributed by atoms with van der Waals surface area (Å²) in [5, 5.41) is 0. The Morgan fingerprint density at radius 3 is 2.83 bits per heavy atom. The van der Waals surface area contributed by atoms with Gasteiger partial charge in [0.25, 0.3) is 5.91 Å². The van der Waals surface area contributed by atoms with E-state index in [-0.39, 0.29) is 5.76 Å². The Bertz CT molecular complexity index is 326. The lowest BCUT2D eigenvalue weighted by Crippen LogP contribution is -2.11. The highest BCUT2D eigenvalue weighted by molar-refractivity contribution is 5.91. The first-order valence-electron chi connectivity index (χ1n) is 3.95. The first-order valence-corrected chi connectivity index (χ1v) is 3.95. The van der Waals surface area contributed by atoms with Gasteiger partial charge in [0, 0.05) is 12.8 Å². The Balaban J connectivity index is 2.43. The quantitative estimate of drug-likeness (QED) is 0.711. The van der Waals surface area contributed by atoms with Crippen LogP contribution in [0.4, 0.5) is 0 Å². The molecular formula is C8H10N2O2. The lowest BCUT2D eigenvalue weighted by molar-refractivity contribution is 0.0971. The van der Waals surface area contributed by atoms with Crippen molar-refractivity contribution in [2.75, 3.05) is 0 Å². The topological polar surface area (TPSA) is 69.1 Å². The molecule has 1 aliphatic carbocycles. The summed E-state index contributed by atoms with van der Waals surface area (Å²) in [7, 11) is 0. The van der Waals surface area contributed by atoms with E-state index in [2.05, 4.69) is 4.98 Å². The molecular weight excluding hydrogens is 156 g/mol. The van der Waals surface area contributed by atoms with Gasteiger partial charge >= 0.3 is 0 Å². The van der Waals surface area contributed by atoms with Crippen molar-refractivity contribution >= 4 is 5.91 Å². The van der Waals surface area contributed by atoms with Crippen molar-refractivity contribution in [3.63, 3.8) is 0 Å². The zero-order valence-electron chi connectivity index (χ0n) is 6.83. The molecule has 1 aliphatic rings. The number of rotatable bonds is 2. The Morgan fingerprint density at radius 2 is 2.33 bits per heavy atom. The first-order chi connectivity index (χ1) is 5.68. The lowest BCUT2D eigenvalue weighted by atomic mass is 10.2. The molecule has 0 atom stereocenters. The van der Waals surface area contributed by atoms with E-state index in [1.807, 2.05) is 0 Å². The normalized spacial score (nSPS) is 16.4. The monoisotopic (exact) mass is 166 g/mol. The van der Waals surface area contributed by atoms with Crippen LogP contribution in [0.25, 0.3) is 0 Å². The molecule has 1 saturated carbocycles. The summed E-state index contributed by atoms with van der Waals surface area (Å²) in [6.45, 7) is 1.72. The van der Waals surface area contributed by atoms with Crippen LogP contribution in [0.2, 0.25) is 0 Å². The Morgan fingerprint density at radius 1 is 1.67 bits per heavy atom. The van der Waals surface area contributed by atoms with Gasteiger partial charge in [-0.25, -0.2) is 4.98 Å². The Kier molecular flexibility index (Phi) is 1.43. The molecule has 1 heterocycles. The van der Waals surface area contributed by atoms with E-state index < -0.39 is 5.91 Å². The van der Waals surface area contributed by atoms with Gasteiger partial charge in [-0.15, -0.1) is 0 Å². The number of hydrogen-bond donors (Lipinski definition) is 1. The number of nitrogens with zero attached hydrogens (tertiary/aromatic N) is 1. The van der Waals surface area contributed by atoms with Crippen molar-refractivity contribution in [3.8, 4) is 0 Å². The summed E-state index contributed by atoms with van der Waals surface area (Å²) in [4.78, 5) is 15.0. The fourth-order valence-corrected chi connectivity index (χ4v) is 1.25. The first kappa shape index (κ1) is 7.34. The number of amides is 1. The summed E-state index contributed by atoms with van der Waals surface area (Å²) in [5.41, 5.74) is 5.87. The fourth-order valence-electron chi connectivity index (χ4n) is 1.25. The second-order valence-electron chi connectivity index (χ2n) is 3.09. The fraction of sp³-hybridized carbons (Fsp3) is 0.500. The molecule has 2 rings (SSSR count). The van der Waals surface area contributed by atoms with Crippen LogP contribution >= 0.6 is 0 Å². The van der Waals surface area contributed by atoms with Crippen molar-refractivity contribution in [3.05, 3.63) is 17.3 Å². The van der Waals surface area contributed by atoms with Crippen molar-refractivity contribution in [2.45, 2.75) is 25.7 Å². The van der Waals surface area contributed by atoms with E-state index in [9.17, 15) is 4.79 Å². The predicted octanol–water partition coefficient (Wildman–Crippen LogP) is 0.959. The van der Waals surface area contributed by atoms with Crippen LogP contribution in [0.3, 0.4) is 0 Å². The molecule has 0 aliphatic heterocycles. The molecule has 0 bridgehead atoms. The van der Waals surface area contributed by atoms with Crippen LogP contribution in [0.1, 0.15) is 40.9 Å². The standard InChI is InChI=1S/C8H10N2O2/c1-4-10-6(5-2-3-5)7(12-4)8(9)11/h5H,2-3H2,1H3,(H2,9,11). The highest BCUT2D eigenvalue weighted by atomic mass is 16.4. The smallest absolute Gasteiger partial charge is 0.286 e. The SMILES string of the molecule is Cc1nc(C2CC2)c(C(N)=O)o1. The highest BCUT2D eigenvalue weighted by Gasteiger charge is 2.31. The largest absolute Gasteiger partial charge is 0.436 e. The van der Waals surface area contributed by atoms with E-state index >= 15 is 0 Å². The number of aromatic nitrogens is 1. The lowest BCUT2D eigenvalue weighted by Gasteiger charge is -1.90. The molecule has 0 spiro atoms. The van der Waals surface area contributed by atoms with Gasteiger partial charge in [-0.2, -0.15) is 0 Å². The van der Waals surface area contributed by atoms with Gasteiger partial charge in [-0.3, -0.25) is 4.79 Å². The number of oxazole rings is 1. The molecule has 0 aromatic carbocycles. The maximum absolute atomic E-state index is 10.9. The third-order valence-electron chi connectivity index (χ3n) is 1.95. The van der Waals surface area contributed by atoms with Crippen LogP contribution in [-0.2, 0) is 0 Å². The number of carbonyl (C=O) groups excluding carboxylic acids is 1. The van der Waals surface area contributed by atoms with Gasteiger partial charge in [0.15, 0.2) is 5.89 Å². The zero-order chi connectivity index (χ0) is 8.72. The van der Waals surface area contributed by atoms with Gasteiger partial charge < -0.3 is 10.2 Å². The van der Waals surface area contributed by atoms with Crippen LogP contribution in [0.15, 0.2) is 4.42 Å². The molecule has 12 heavy (non-hydrogen) atoms. The summed E-state index contributed by atoms with van der Waals surface area (Å²) in [5.74, 6) is 0.656. The average Bonchev–Trinajstić information content (AvgIpc) is 2.75. The molecule has 64 valence electrons. The number of carbonyl (C=O) groups is 1. The van der Waals surface area contributed by atoms with Gasteiger partial charge in [-0.05, 0) is 12.8 Å². The number of primary amides is 1. The maximum atomic E-state index is 10.9. The predicted molar refractivity (Wildman–Crippen MR) is 41.7 cm³/mol. The van der Waals surface area contributed by atoms with E-state index in [0.717, 1.165) is 18.5 Å². The van der Waals surface area contributed by atoms with E-state index in [1.165, 1.54) is 0 Å². The van der Waals surface area contributed by atoms with Gasteiger partial charge in [-0.1, -0.05) is 0 Å². The van der Waals surface area contributed by atoms with Gasteiger partial charge in [0.1, 0.15) is 0 Å². The van der Waals surface area contributed by atoms with E-state index in [1.54, 1.807) is 6.92 Å².